The van der Waals surface area contributed by atoms with Gasteiger partial charge in [0.1, 0.15) is 6.29 Å². The molecule has 2 heteroatoms. The van der Waals surface area contributed by atoms with Gasteiger partial charge >= 0.3 is 0 Å². The van der Waals surface area contributed by atoms with Crippen LogP contribution in [0.25, 0.3) is 0 Å². The molecule has 0 heterocycles. The summed E-state index contributed by atoms with van der Waals surface area (Å²) < 4.78 is 0. The van der Waals surface area contributed by atoms with Gasteiger partial charge in [-0.1, -0.05) is 13.8 Å². The minimum atomic E-state index is -0.639. The summed E-state index contributed by atoms with van der Waals surface area (Å²) in [5.74, 6) is 0.222. The standard InChI is InChI=1S/C6H13NO/c1-5(2)6(3,7)4-8/h4-5H,7H2,1-3H3. The number of aldehydes is 1. The summed E-state index contributed by atoms with van der Waals surface area (Å²) in [6, 6.07) is 0. The third-order valence-corrected chi connectivity index (χ3v) is 1.50. The van der Waals surface area contributed by atoms with Crippen LogP contribution in [-0.2, 0) is 4.79 Å². The van der Waals surface area contributed by atoms with Gasteiger partial charge in [0.05, 0.1) is 5.54 Å². The van der Waals surface area contributed by atoms with Crippen molar-refractivity contribution in [2.45, 2.75) is 26.3 Å². The molecule has 1 unspecified atom stereocenters. The second-order valence-corrected chi connectivity index (χ2v) is 2.64. The molecule has 0 spiro atoms. The van der Waals surface area contributed by atoms with Crippen LogP contribution < -0.4 is 5.73 Å². The van der Waals surface area contributed by atoms with Crippen LogP contribution >= 0.6 is 0 Å². The summed E-state index contributed by atoms with van der Waals surface area (Å²) >= 11 is 0. The van der Waals surface area contributed by atoms with Crippen molar-refractivity contribution in [3.63, 3.8) is 0 Å². The van der Waals surface area contributed by atoms with Crippen molar-refractivity contribution < 1.29 is 4.79 Å². The molecule has 0 radical (unpaired) electrons. The maximum Gasteiger partial charge on any atom is 0.139 e. The largest absolute Gasteiger partial charge is 0.319 e. The van der Waals surface area contributed by atoms with Crippen molar-refractivity contribution in [3.05, 3.63) is 0 Å². The van der Waals surface area contributed by atoms with Gasteiger partial charge in [0, 0.05) is 0 Å². The molecule has 48 valence electrons. The van der Waals surface area contributed by atoms with E-state index in [0.29, 0.717) is 0 Å². The monoisotopic (exact) mass is 115 g/mol. The van der Waals surface area contributed by atoms with Crippen molar-refractivity contribution >= 4 is 6.29 Å². The Hall–Kier alpha value is -0.370. The molecule has 0 fully saturated rings. The average molecular weight is 115 g/mol. The number of carbonyl (C=O) groups excluding carboxylic acids is 1. The molecule has 0 aromatic rings. The molecule has 8 heavy (non-hydrogen) atoms. The van der Waals surface area contributed by atoms with Crippen LogP contribution in [0.4, 0.5) is 0 Å². The van der Waals surface area contributed by atoms with Gasteiger partial charge in [-0.2, -0.15) is 0 Å². The SMILES string of the molecule is CC(C)C(C)(N)C=O. The summed E-state index contributed by atoms with van der Waals surface area (Å²) in [6.45, 7) is 5.58. The highest BCUT2D eigenvalue weighted by molar-refractivity contribution is 5.63. The maximum absolute atomic E-state index is 10.1. The van der Waals surface area contributed by atoms with Gasteiger partial charge in [0.15, 0.2) is 0 Å². The van der Waals surface area contributed by atoms with Crippen molar-refractivity contribution in [2.24, 2.45) is 11.7 Å². The molecule has 0 aromatic carbocycles. The maximum atomic E-state index is 10.1. The van der Waals surface area contributed by atoms with E-state index in [9.17, 15) is 4.79 Å². The lowest BCUT2D eigenvalue weighted by Gasteiger charge is -2.20. The Bertz CT molecular complexity index is 86.5. The molecule has 0 rings (SSSR count). The van der Waals surface area contributed by atoms with Crippen LogP contribution in [0.1, 0.15) is 20.8 Å². The molecule has 0 aliphatic heterocycles. The van der Waals surface area contributed by atoms with E-state index in [4.69, 9.17) is 5.73 Å². The second kappa shape index (κ2) is 2.27. The first-order valence-electron chi connectivity index (χ1n) is 2.76. The summed E-state index contributed by atoms with van der Waals surface area (Å²) in [4.78, 5) is 10.1. The number of hydrogen-bond donors (Lipinski definition) is 1. The normalized spacial score (nSPS) is 18.1. The Kier molecular flexibility index (Phi) is 2.16. The van der Waals surface area contributed by atoms with E-state index in [1.54, 1.807) is 6.92 Å². The molecular weight excluding hydrogens is 102 g/mol. The highest BCUT2D eigenvalue weighted by Gasteiger charge is 2.20. The van der Waals surface area contributed by atoms with Crippen molar-refractivity contribution in [3.8, 4) is 0 Å². The summed E-state index contributed by atoms with van der Waals surface area (Å²) in [6.07, 6.45) is 0.789. The molecule has 0 amide bonds. The lowest BCUT2D eigenvalue weighted by molar-refractivity contribution is -0.112. The van der Waals surface area contributed by atoms with E-state index in [1.165, 1.54) is 0 Å². The van der Waals surface area contributed by atoms with E-state index in [0.717, 1.165) is 6.29 Å². The highest BCUT2D eigenvalue weighted by atomic mass is 16.1. The zero-order valence-electron chi connectivity index (χ0n) is 5.64. The minimum Gasteiger partial charge on any atom is -0.319 e. The van der Waals surface area contributed by atoms with Crippen LogP contribution in [0, 0.1) is 5.92 Å². The molecular formula is C6H13NO. The summed E-state index contributed by atoms with van der Waals surface area (Å²) in [7, 11) is 0. The van der Waals surface area contributed by atoms with Crippen molar-refractivity contribution in [1.82, 2.24) is 0 Å². The average Bonchev–Trinajstić information content (AvgIpc) is 1.67. The smallest absolute Gasteiger partial charge is 0.139 e. The Morgan fingerprint density at radius 3 is 2.00 bits per heavy atom. The van der Waals surface area contributed by atoms with E-state index < -0.39 is 5.54 Å². The lowest BCUT2D eigenvalue weighted by Crippen LogP contribution is -2.43. The predicted molar refractivity (Wildman–Crippen MR) is 33.5 cm³/mol. The number of nitrogens with two attached hydrogens (primary N) is 1. The van der Waals surface area contributed by atoms with E-state index >= 15 is 0 Å². The van der Waals surface area contributed by atoms with Gasteiger partial charge in [-0.15, -0.1) is 0 Å². The molecule has 0 aromatic heterocycles. The molecule has 2 N–H and O–H groups in total. The predicted octanol–water partition coefficient (Wildman–Crippen LogP) is 0.559. The van der Waals surface area contributed by atoms with Gasteiger partial charge in [0.25, 0.3) is 0 Å². The molecule has 0 aliphatic carbocycles. The van der Waals surface area contributed by atoms with Gasteiger partial charge in [-0.25, -0.2) is 0 Å². The number of carbonyl (C=O) groups is 1. The Balaban J connectivity index is 3.90. The summed E-state index contributed by atoms with van der Waals surface area (Å²) in [5.41, 5.74) is 4.85. The summed E-state index contributed by atoms with van der Waals surface area (Å²) in [5, 5.41) is 0. The van der Waals surface area contributed by atoms with Crippen LogP contribution in [0.2, 0.25) is 0 Å². The first kappa shape index (κ1) is 7.63. The third-order valence-electron chi connectivity index (χ3n) is 1.50. The highest BCUT2D eigenvalue weighted by Crippen LogP contribution is 2.08. The Morgan fingerprint density at radius 2 is 2.00 bits per heavy atom. The van der Waals surface area contributed by atoms with Gasteiger partial charge in [0.2, 0.25) is 0 Å². The minimum absolute atomic E-state index is 0.222. The van der Waals surface area contributed by atoms with Crippen LogP contribution in [-0.4, -0.2) is 11.8 Å². The number of rotatable bonds is 2. The Morgan fingerprint density at radius 1 is 1.62 bits per heavy atom. The first-order chi connectivity index (χ1) is 3.50. The fraction of sp³-hybridized carbons (Fsp3) is 0.833. The lowest BCUT2D eigenvalue weighted by atomic mass is 9.92. The fourth-order valence-corrected chi connectivity index (χ4v) is 0.136. The molecule has 2 nitrogen and oxygen atoms in total. The topological polar surface area (TPSA) is 43.1 Å². The molecule has 0 saturated carbocycles. The van der Waals surface area contributed by atoms with E-state index in [2.05, 4.69) is 0 Å². The van der Waals surface area contributed by atoms with Gasteiger partial charge in [-0.3, -0.25) is 0 Å². The fourth-order valence-electron chi connectivity index (χ4n) is 0.136. The van der Waals surface area contributed by atoms with Gasteiger partial charge < -0.3 is 10.5 Å². The first-order valence-corrected chi connectivity index (χ1v) is 2.76. The number of hydrogen-bond acceptors (Lipinski definition) is 2. The van der Waals surface area contributed by atoms with E-state index in [-0.39, 0.29) is 5.92 Å². The molecule has 0 aliphatic rings. The Labute approximate surface area is 50.1 Å². The van der Waals surface area contributed by atoms with Crippen LogP contribution in [0.15, 0.2) is 0 Å². The molecule has 1 atom stereocenters. The zero-order chi connectivity index (χ0) is 6.78. The van der Waals surface area contributed by atoms with Crippen LogP contribution in [0.5, 0.6) is 0 Å². The molecule has 0 bridgehead atoms. The second-order valence-electron chi connectivity index (χ2n) is 2.64. The molecule has 0 saturated heterocycles. The van der Waals surface area contributed by atoms with Crippen molar-refractivity contribution in [1.29, 1.82) is 0 Å². The van der Waals surface area contributed by atoms with Gasteiger partial charge in [-0.05, 0) is 12.8 Å². The van der Waals surface area contributed by atoms with E-state index in [1.807, 2.05) is 13.8 Å². The quantitative estimate of drug-likeness (QED) is 0.534. The zero-order valence-corrected chi connectivity index (χ0v) is 5.64. The third kappa shape index (κ3) is 1.62. The van der Waals surface area contributed by atoms with Crippen LogP contribution in [0.3, 0.4) is 0 Å². The van der Waals surface area contributed by atoms with Crippen molar-refractivity contribution in [2.75, 3.05) is 0 Å².